The second kappa shape index (κ2) is 15.3. The molecule has 2 rings (SSSR count). The second-order valence-electron chi connectivity index (χ2n) is 8.79. The zero-order chi connectivity index (χ0) is 22.5. The highest BCUT2D eigenvalue weighted by Crippen LogP contribution is 2.40. The summed E-state index contributed by atoms with van der Waals surface area (Å²) in [6, 6.07) is 10.4. The van der Waals surface area contributed by atoms with E-state index in [2.05, 4.69) is 51.8 Å². The summed E-state index contributed by atoms with van der Waals surface area (Å²) in [6.07, 6.45) is 7.02. The first kappa shape index (κ1) is 28.5. The Morgan fingerprint density at radius 3 is 2.44 bits per heavy atom. The lowest BCUT2D eigenvalue weighted by Crippen LogP contribution is -2.44. The van der Waals surface area contributed by atoms with Gasteiger partial charge in [-0.25, -0.2) is 4.99 Å². The number of nitrogens with one attached hydrogen (secondary N) is 2. The summed E-state index contributed by atoms with van der Waals surface area (Å²) in [7, 11) is 7.40. The van der Waals surface area contributed by atoms with E-state index >= 15 is 0 Å². The van der Waals surface area contributed by atoms with Crippen LogP contribution in [-0.2, 0) is 9.53 Å². The highest BCUT2D eigenvalue weighted by atomic mass is 127. The predicted molar refractivity (Wildman–Crippen MR) is 144 cm³/mol. The fourth-order valence-corrected chi connectivity index (χ4v) is 4.03. The molecule has 1 saturated carbocycles. The normalized spacial score (nSPS) is 15.1. The Balaban J connectivity index is 0.00000512. The van der Waals surface area contributed by atoms with Crippen LogP contribution in [0.25, 0.3) is 0 Å². The molecule has 182 valence electrons. The van der Waals surface area contributed by atoms with Gasteiger partial charge >= 0.3 is 0 Å². The summed E-state index contributed by atoms with van der Waals surface area (Å²) in [5.74, 6) is 0.723. The Morgan fingerprint density at radius 2 is 1.81 bits per heavy atom. The first-order valence-corrected chi connectivity index (χ1v) is 11.4. The van der Waals surface area contributed by atoms with Gasteiger partial charge in [-0.2, -0.15) is 0 Å². The van der Waals surface area contributed by atoms with Crippen molar-refractivity contribution in [2.45, 2.75) is 38.5 Å². The number of para-hydroxylation sites is 1. The van der Waals surface area contributed by atoms with E-state index in [0.29, 0.717) is 0 Å². The largest absolute Gasteiger partial charge is 0.385 e. The van der Waals surface area contributed by atoms with E-state index in [4.69, 9.17) is 4.74 Å². The molecule has 0 atom stereocenters. The van der Waals surface area contributed by atoms with E-state index in [1.807, 2.05) is 6.07 Å². The number of amides is 1. The number of likely N-dealkylation sites (N-methyl/N-ethyl adjacent to an activating group) is 1. The number of halogens is 1. The Bertz CT molecular complexity index is 678. The molecule has 1 fully saturated rings. The first-order valence-electron chi connectivity index (χ1n) is 11.4. The smallest absolute Gasteiger partial charge is 0.243 e. The number of ether oxygens (including phenoxy) is 1. The third kappa shape index (κ3) is 9.94. The van der Waals surface area contributed by atoms with Gasteiger partial charge in [-0.05, 0) is 43.2 Å². The fraction of sp³-hybridized carbons (Fsp3) is 0.667. The topological polar surface area (TPSA) is 69.2 Å². The maximum Gasteiger partial charge on any atom is 0.243 e. The van der Waals surface area contributed by atoms with Crippen molar-refractivity contribution in [2.24, 2.45) is 10.4 Å². The van der Waals surface area contributed by atoms with Crippen LogP contribution in [0.15, 0.2) is 35.3 Å². The van der Waals surface area contributed by atoms with Crippen molar-refractivity contribution >= 4 is 41.5 Å². The van der Waals surface area contributed by atoms with Crippen LogP contribution < -0.4 is 15.5 Å². The molecule has 0 unspecified atom stereocenters. The number of aliphatic imine (C=N–C) groups is 1. The molecule has 0 saturated heterocycles. The Morgan fingerprint density at radius 1 is 1.12 bits per heavy atom. The van der Waals surface area contributed by atoms with Gasteiger partial charge < -0.3 is 25.2 Å². The van der Waals surface area contributed by atoms with Crippen molar-refractivity contribution in [3.8, 4) is 0 Å². The van der Waals surface area contributed by atoms with Gasteiger partial charge in [0, 0.05) is 60.2 Å². The lowest BCUT2D eigenvalue weighted by atomic mass is 9.83. The van der Waals surface area contributed by atoms with Crippen LogP contribution in [-0.4, -0.2) is 77.8 Å². The van der Waals surface area contributed by atoms with E-state index in [1.54, 1.807) is 26.1 Å². The van der Waals surface area contributed by atoms with Gasteiger partial charge in [0.25, 0.3) is 0 Å². The Kier molecular flexibility index (Phi) is 13.6. The summed E-state index contributed by atoms with van der Waals surface area (Å²) < 4.78 is 5.35. The van der Waals surface area contributed by atoms with Crippen LogP contribution in [0.5, 0.6) is 0 Å². The first-order chi connectivity index (χ1) is 15.0. The molecular formula is C24H42IN5O2. The molecule has 0 aliphatic heterocycles. The molecule has 1 aromatic rings. The number of anilines is 1. The molecule has 1 amide bonds. The van der Waals surface area contributed by atoms with E-state index in [-0.39, 0.29) is 41.8 Å². The zero-order valence-electron chi connectivity index (χ0n) is 20.2. The molecule has 0 heterocycles. The minimum absolute atomic E-state index is 0. The molecule has 1 aliphatic rings. The van der Waals surface area contributed by atoms with E-state index in [0.717, 1.165) is 45.0 Å². The molecule has 1 aromatic carbocycles. The van der Waals surface area contributed by atoms with Crippen LogP contribution in [0.1, 0.15) is 38.5 Å². The highest BCUT2D eigenvalue weighted by molar-refractivity contribution is 14.0. The van der Waals surface area contributed by atoms with Crippen LogP contribution in [0.4, 0.5) is 5.69 Å². The maximum absolute atomic E-state index is 12.0. The molecule has 0 bridgehead atoms. The third-order valence-electron chi connectivity index (χ3n) is 6.16. The minimum Gasteiger partial charge on any atom is -0.385 e. The van der Waals surface area contributed by atoms with Crippen molar-refractivity contribution < 1.29 is 9.53 Å². The molecule has 1 aliphatic carbocycles. The monoisotopic (exact) mass is 559 g/mol. The molecule has 0 aromatic heterocycles. The SMILES string of the molecule is COCCC1(CNC(=NCC(=O)N(C)C)NCCCN(C)c2ccccc2)CCCC1.I. The van der Waals surface area contributed by atoms with Crippen LogP contribution in [0.3, 0.4) is 0 Å². The third-order valence-corrected chi connectivity index (χ3v) is 6.16. The standard InChI is InChI=1S/C24H41N5O2.HI/c1-28(2)22(30)19-26-23(27-20-24(15-18-31-4)13-8-9-14-24)25-16-10-17-29(3)21-11-6-5-7-12-21;/h5-7,11-12H,8-10,13-20H2,1-4H3,(H2,25,26,27);1H. The van der Waals surface area contributed by atoms with Crippen molar-refractivity contribution in [2.75, 3.05) is 65.9 Å². The average molecular weight is 560 g/mol. The highest BCUT2D eigenvalue weighted by Gasteiger charge is 2.33. The summed E-state index contributed by atoms with van der Waals surface area (Å²) in [6.45, 7) is 3.54. The van der Waals surface area contributed by atoms with Crippen molar-refractivity contribution in [1.82, 2.24) is 15.5 Å². The number of hydrogen-bond donors (Lipinski definition) is 2. The van der Waals surface area contributed by atoms with Crippen LogP contribution >= 0.6 is 24.0 Å². The fourth-order valence-electron chi connectivity index (χ4n) is 4.03. The molecule has 0 radical (unpaired) electrons. The quantitative estimate of drug-likeness (QED) is 0.178. The van der Waals surface area contributed by atoms with Gasteiger partial charge in [-0.1, -0.05) is 31.0 Å². The summed E-state index contributed by atoms with van der Waals surface area (Å²) in [4.78, 5) is 20.4. The van der Waals surface area contributed by atoms with Gasteiger partial charge in [0.1, 0.15) is 6.54 Å². The van der Waals surface area contributed by atoms with Crippen LogP contribution in [0, 0.1) is 5.41 Å². The van der Waals surface area contributed by atoms with E-state index in [9.17, 15) is 4.79 Å². The number of guanidine groups is 1. The maximum atomic E-state index is 12.0. The van der Waals surface area contributed by atoms with Crippen molar-refractivity contribution in [1.29, 1.82) is 0 Å². The number of rotatable bonds is 12. The number of carbonyl (C=O) groups excluding carboxylic acids is 1. The predicted octanol–water partition coefficient (Wildman–Crippen LogP) is 3.35. The summed E-state index contributed by atoms with van der Waals surface area (Å²) >= 11 is 0. The number of methoxy groups -OCH3 is 1. The average Bonchev–Trinajstić information content (AvgIpc) is 3.25. The van der Waals surface area contributed by atoms with Crippen molar-refractivity contribution in [3.63, 3.8) is 0 Å². The molecule has 2 N–H and O–H groups in total. The number of carbonyl (C=O) groups is 1. The molecule has 8 heteroatoms. The van der Waals surface area contributed by atoms with E-state index in [1.165, 1.54) is 31.4 Å². The van der Waals surface area contributed by atoms with Gasteiger partial charge in [0.2, 0.25) is 5.91 Å². The summed E-state index contributed by atoms with van der Waals surface area (Å²) in [5, 5.41) is 6.95. The second-order valence-corrected chi connectivity index (χ2v) is 8.79. The van der Waals surface area contributed by atoms with Gasteiger partial charge in [0.05, 0.1) is 0 Å². The van der Waals surface area contributed by atoms with Gasteiger partial charge in [0.15, 0.2) is 5.96 Å². The van der Waals surface area contributed by atoms with Gasteiger partial charge in [-0.3, -0.25) is 4.79 Å². The number of benzene rings is 1. The molecular weight excluding hydrogens is 517 g/mol. The van der Waals surface area contributed by atoms with Gasteiger partial charge in [-0.15, -0.1) is 24.0 Å². The molecule has 0 spiro atoms. The molecule has 7 nitrogen and oxygen atoms in total. The lowest BCUT2D eigenvalue weighted by Gasteiger charge is -2.30. The van der Waals surface area contributed by atoms with Crippen LogP contribution in [0.2, 0.25) is 0 Å². The lowest BCUT2D eigenvalue weighted by molar-refractivity contribution is -0.127. The zero-order valence-corrected chi connectivity index (χ0v) is 22.6. The van der Waals surface area contributed by atoms with E-state index < -0.39 is 0 Å². The van der Waals surface area contributed by atoms with Crippen molar-refractivity contribution in [3.05, 3.63) is 30.3 Å². The number of hydrogen-bond acceptors (Lipinski definition) is 4. The molecule has 32 heavy (non-hydrogen) atoms. The minimum atomic E-state index is -0.000117. The number of nitrogens with zero attached hydrogens (tertiary/aromatic N) is 3. The Labute approximate surface area is 211 Å². The summed E-state index contributed by atoms with van der Waals surface area (Å²) in [5.41, 5.74) is 1.48. The Hall–Kier alpha value is -1.55.